The highest BCUT2D eigenvalue weighted by molar-refractivity contribution is 7.99. The molecule has 0 atom stereocenters. The number of carbonyl (C=O) groups is 1. The van der Waals surface area contributed by atoms with E-state index in [1.807, 2.05) is 48.5 Å². The zero-order chi connectivity index (χ0) is 17.6. The van der Waals surface area contributed by atoms with Crippen LogP contribution in [0.5, 0.6) is 0 Å². The molecule has 0 fully saturated rings. The van der Waals surface area contributed by atoms with Crippen molar-refractivity contribution >= 4 is 29.3 Å². The highest BCUT2D eigenvalue weighted by Gasteiger charge is 2.15. The molecule has 2 aromatic carbocycles. The van der Waals surface area contributed by atoms with Crippen LogP contribution in [0.15, 0.2) is 64.2 Å². The molecule has 0 N–H and O–H groups in total. The van der Waals surface area contributed by atoms with Crippen molar-refractivity contribution in [1.29, 1.82) is 0 Å². The Balaban J connectivity index is 1.57. The molecule has 0 unspecified atom stereocenters. The Morgan fingerprint density at radius 1 is 1.12 bits per heavy atom. The number of carbonyl (C=O) groups excluding carboxylic acids is 1. The van der Waals surface area contributed by atoms with E-state index in [4.69, 9.17) is 16.0 Å². The molecule has 0 aliphatic carbocycles. The van der Waals surface area contributed by atoms with E-state index in [0.29, 0.717) is 28.2 Å². The van der Waals surface area contributed by atoms with Crippen LogP contribution in [0.25, 0.3) is 11.5 Å². The van der Waals surface area contributed by atoms with Crippen LogP contribution in [0, 0.1) is 0 Å². The Hall–Kier alpha value is -2.31. The zero-order valence-electron chi connectivity index (χ0n) is 13.6. The van der Waals surface area contributed by atoms with E-state index in [-0.39, 0.29) is 11.7 Å². The van der Waals surface area contributed by atoms with Gasteiger partial charge in [-0.25, -0.2) is 0 Å². The van der Waals surface area contributed by atoms with Crippen molar-refractivity contribution in [2.45, 2.75) is 11.8 Å². The van der Waals surface area contributed by atoms with Crippen molar-refractivity contribution in [3.8, 4) is 11.5 Å². The first-order valence-electron chi connectivity index (χ1n) is 7.62. The van der Waals surface area contributed by atoms with Gasteiger partial charge < -0.3 is 9.32 Å². The van der Waals surface area contributed by atoms with Gasteiger partial charge in [-0.3, -0.25) is 4.79 Å². The van der Waals surface area contributed by atoms with Gasteiger partial charge in [0.2, 0.25) is 11.8 Å². The maximum absolute atomic E-state index is 12.2. The third-order valence-corrected chi connectivity index (χ3v) is 4.65. The summed E-state index contributed by atoms with van der Waals surface area (Å²) >= 11 is 7.33. The minimum atomic E-state index is -0.00801. The van der Waals surface area contributed by atoms with Crippen LogP contribution in [0.2, 0.25) is 5.02 Å². The minimum Gasteiger partial charge on any atom is -0.411 e. The largest absolute Gasteiger partial charge is 0.411 e. The Morgan fingerprint density at radius 2 is 1.84 bits per heavy atom. The van der Waals surface area contributed by atoms with Gasteiger partial charge in [0.1, 0.15) is 0 Å². The third kappa shape index (κ3) is 4.61. The van der Waals surface area contributed by atoms with Crippen LogP contribution < -0.4 is 0 Å². The van der Waals surface area contributed by atoms with E-state index in [1.165, 1.54) is 11.8 Å². The summed E-state index contributed by atoms with van der Waals surface area (Å²) < 4.78 is 5.58. The number of hydrogen-bond donors (Lipinski definition) is 0. The summed E-state index contributed by atoms with van der Waals surface area (Å²) in [5.74, 6) is 0.567. The topological polar surface area (TPSA) is 59.2 Å². The average Bonchev–Trinajstić information content (AvgIpc) is 3.09. The van der Waals surface area contributed by atoms with Gasteiger partial charge in [0.15, 0.2) is 0 Å². The molecule has 5 nitrogen and oxygen atoms in total. The summed E-state index contributed by atoms with van der Waals surface area (Å²) in [6.07, 6.45) is 0. The lowest BCUT2D eigenvalue weighted by Crippen LogP contribution is -2.27. The fraction of sp³-hybridized carbons (Fsp3) is 0.167. The molecule has 1 aromatic heterocycles. The molecule has 1 heterocycles. The molecule has 0 saturated carbocycles. The average molecular weight is 374 g/mol. The summed E-state index contributed by atoms with van der Waals surface area (Å²) in [7, 11) is 1.78. The van der Waals surface area contributed by atoms with Crippen molar-refractivity contribution in [2.75, 3.05) is 12.8 Å². The van der Waals surface area contributed by atoms with Gasteiger partial charge in [0.25, 0.3) is 5.22 Å². The fourth-order valence-electron chi connectivity index (χ4n) is 2.19. The van der Waals surface area contributed by atoms with E-state index < -0.39 is 0 Å². The second kappa shape index (κ2) is 8.18. The van der Waals surface area contributed by atoms with Crippen molar-refractivity contribution in [1.82, 2.24) is 15.1 Å². The molecule has 7 heteroatoms. The third-order valence-electron chi connectivity index (χ3n) is 3.52. The molecule has 0 bridgehead atoms. The van der Waals surface area contributed by atoms with Crippen molar-refractivity contribution in [3.05, 3.63) is 65.2 Å². The predicted octanol–water partition coefficient (Wildman–Crippen LogP) is 4.14. The van der Waals surface area contributed by atoms with Crippen LogP contribution in [-0.4, -0.2) is 33.8 Å². The molecule has 0 saturated heterocycles. The van der Waals surface area contributed by atoms with Gasteiger partial charge in [-0.2, -0.15) is 0 Å². The predicted molar refractivity (Wildman–Crippen MR) is 98.4 cm³/mol. The quantitative estimate of drug-likeness (QED) is 0.608. The van der Waals surface area contributed by atoms with E-state index >= 15 is 0 Å². The standard InChI is InChI=1S/C18H16ClN3O2S/c1-22(11-13-7-3-2-4-8-13)16(23)12-25-18-21-20-17(24-18)14-9-5-6-10-15(14)19/h2-10H,11-12H2,1H3. The van der Waals surface area contributed by atoms with Crippen molar-refractivity contribution in [3.63, 3.8) is 0 Å². The first-order chi connectivity index (χ1) is 12.1. The molecular formula is C18H16ClN3O2S. The lowest BCUT2D eigenvalue weighted by molar-refractivity contribution is -0.127. The Bertz CT molecular complexity index is 854. The van der Waals surface area contributed by atoms with E-state index in [9.17, 15) is 4.79 Å². The highest BCUT2D eigenvalue weighted by Crippen LogP contribution is 2.28. The lowest BCUT2D eigenvalue weighted by Gasteiger charge is -2.16. The van der Waals surface area contributed by atoms with Crippen LogP contribution >= 0.6 is 23.4 Å². The summed E-state index contributed by atoms with van der Waals surface area (Å²) in [4.78, 5) is 13.9. The van der Waals surface area contributed by atoms with E-state index in [0.717, 1.165) is 5.56 Å². The maximum atomic E-state index is 12.2. The molecular weight excluding hydrogens is 358 g/mol. The Labute approximate surface area is 155 Å². The van der Waals surface area contributed by atoms with Crippen LogP contribution in [0.1, 0.15) is 5.56 Å². The lowest BCUT2D eigenvalue weighted by atomic mass is 10.2. The van der Waals surface area contributed by atoms with E-state index in [1.54, 1.807) is 18.0 Å². The summed E-state index contributed by atoms with van der Waals surface area (Å²) in [6.45, 7) is 0.564. The molecule has 0 aliphatic heterocycles. The first kappa shape index (κ1) is 17.5. The number of aromatic nitrogens is 2. The number of nitrogens with zero attached hydrogens (tertiary/aromatic N) is 3. The number of halogens is 1. The molecule has 0 radical (unpaired) electrons. The fourth-order valence-corrected chi connectivity index (χ4v) is 3.11. The summed E-state index contributed by atoms with van der Waals surface area (Å²) in [5, 5.41) is 8.84. The van der Waals surface area contributed by atoms with Gasteiger partial charge in [-0.15, -0.1) is 10.2 Å². The zero-order valence-corrected chi connectivity index (χ0v) is 15.1. The van der Waals surface area contributed by atoms with Gasteiger partial charge in [-0.05, 0) is 17.7 Å². The molecule has 3 rings (SSSR count). The first-order valence-corrected chi connectivity index (χ1v) is 8.99. The minimum absolute atomic E-state index is 0.00801. The Morgan fingerprint density at radius 3 is 2.60 bits per heavy atom. The van der Waals surface area contributed by atoms with Gasteiger partial charge in [0, 0.05) is 13.6 Å². The van der Waals surface area contributed by atoms with Crippen molar-refractivity contribution < 1.29 is 9.21 Å². The van der Waals surface area contributed by atoms with Crippen molar-refractivity contribution in [2.24, 2.45) is 0 Å². The van der Waals surface area contributed by atoms with Crippen LogP contribution in [0.3, 0.4) is 0 Å². The van der Waals surface area contributed by atoms with Gasteiger partial charge in [-0.1, -0.05) is 65.8 Å². The number of rotatable bonds is 6. The number of amides is 1. The normalized spacial score (nSPS) is 10.6. The van der Waals surface area contributed by atoms with Crippen LogP contribution in [0.4, 0.5) is 0 Å². The highest BCUT2D eigenvalue weighted by atomic mass is 35.5. The number of hydrogen-bond acceptors (Lipinski definition) is 5. The molecule has 128 valence electrons. The molecule has 3 aromatic rings. The summed E-state index contributed by atoms with van der Waals surface area (Å²) in [5.41, 5.74) is 1.76. The SMILES string of the molecule is CN(Cc1ccccc1)C(=O)CSc1nnc(-c2ccccc2Cl)o1. The molecule has 0 spiro atoms. The second-order valence-electron chi connectivity index (χ2n) is 5.38. The second-order valence-corrected chi connectivity index (χ2v) is 6.71. The smallest absolute Gasteiger partial charge is 0.277 e. The molecule has 25 heavy (non-hydrogen) atoms. The molecule has 0 aliphatic rings. The monoisotopic (exact) mass is 373 g/mol. The van der Waals surface area contributed by atoms with E-state index in [2.05, 4.69) is 10.2 Å². The van der Waals surface area contributed by atoms with Crippen LogP contribution in [-0.2, 0) is 11.3 Å². The summed E-state index contributed by atoms with van der Waals surface area (Å²) in [6, 6.07) is 17.1. The number of benzene rings is 2. The molecule has 1 amide bonds. The maximum Gasteiger partial charge on any atom is 0.277 e. The number of thioether (sulfide) groups is 1. The van der Waals surface area contributed by atoms with Gasteiger partial charge >= 0.3 is 0 Å². The Kier molecular flexibility index (Phi) is 5.73. The van der Waals surface area contributed by atoms with Gasteiger partial charge in [0.05, 0.1) is 16.3 Å².